The molecule has 1 aliphatic heterocycles. The van der Waals surface area contributed by atoms with Crippen LogP contribution < -0.4 is 11.2 Å². The molecule has 1 fully saturated rings. The quantitative estimate of drug-likeness (QED) is 0.459. The lowest BCUT2D eigenvalue weighted by molar-refractivity contribution is -0.0554. The first-order valence-electron chi connectivity index (χ1n) is 5.09. The summed E-state index contributed by atoms with van der Waals surface area (Å²) in [5.74, 6) is -1.23. The zero-order valence-electron chi connectivity index (χ0n) is 8.99. The highest BCUT2D eigenvalue weighted by Crippen LogP contribution is 2.27. The van der Waals surface area contributed by atoms with Gasteiger partial charge in [0.2, 0.25) is 5.82 Å². The zero-order chi connectivity index (χ0) is 13.4. The maximum Gasteiger partial charge on any atom is 0.330 e. The van der Waals surface area contributed by atoms with Crippen molar-refractivity contribution < 1.29 is 24.4 Å². The topological polar surface area (TPSA) is 125 Å². The Morgan fingerprint density at radius 2 is 2.06 bits per heavy atom. The second kappa shape index (κ2) is 4.61. The van der Waals surface area contributed by atoms with Crippen LogP contribution in [-0.4, -0.2) is 49.8 Å². The number of aromatic amines is 1. The van der Waals surface area contributed by atoms with Gasteiger partial charge in [-0.25, -0.2) is 4.79 Å². The van der Waals surface area contributed by atoms with Crippen LogP contribution in [0.2, 0.25) is 0 Å². The summed E-state index contributed by atoms with van der Waals surface area (Å²) in [6, 6.07) is 0. The second-order valence-electron chi connectivity index (χ2n) is 3.87. The number of rotatable bonds is 2. The van der Waals surface area contributed by atoms with Crippen LogP contribution in [0, 0.1) is 5.82 Å². The highest BCUT2D eigenvalue weighted by molar-refractivity contribution is 4.94. The van der Waals surface area contributed by atoms with Crippen LogP contribution in [0.25, 0.3) is 0 Å². The third kappa shape index (κ3) is 1.97. The van der Waals surface area contributed by atoms with Gasteiger partial charge in [0.25, 0.3) is 5.56 Å². The van der Waals surface area contributed by atoms with Crippen molar-refractivity contribution in [2.24, 2.45) is 0 Å². The van der Waals surface area contributed by atoms with Gasteiger partial charge in [0.1, 0.15) is 18.3 Å². The normalized spacial score (nSPS) is 31.8. The van der Waals surface area contributed by atoms with Gasteiger partial charge in [0, 0.05) is 0 Å². The molecule has 0 bridgehead atoms. The number of ether oxygens (including phenoxy) is 1. The van der Waals surface area contributed by atoms with Crippen molar-refractivity contribution in [2.45, 2.75) is 24.5 Å². The molecule has 18 heavy (non-hydrogen) atoms. The Morgan fingerprint density at radius 1 is 1.39 bits per heavy atom. The van der Waals surface area contributed by atoms with Crippen molar-refractivity contribution >= 4 is 0 Å². The number of nitrogens with one attached hydrogen (secondary N) is 1. The van der Waals surface area contributed by atoms with E-state index >= 15 is 0 Å². The number of aromatic nitrogens is 2. The average Bonchev–Trinajstić information content (AvgIpc) is 2.61. The van der Waals surface area contributed by atoms with Crippen LogP contribution in [0.15, 0.2) is 15.8 Å². The minimum Gasteiger partial charge on any atom is -0.394 e. The number of hydrogen-bond acceptors (Lipinski definition) is 6. The van der Waals surface area contributed by atoms with Gasteiger partial charge < -0.3 is 20.1 Å². The number of nitrogens with zero attached hydrogens (tertiary/aromatic N) is 1. The zero-order valence-corrected chi connectivity index (χ0v) is 8.99. The smallest absolute Gasteiger partial charge is 0.330 e. The molecule has 0 aliphatic carbocycles. The first-order valence-corrected chi connectivity index (χ1v) is 5.09. The Balaban J connectivity index is 2.42. The average molecular weight is 262 g/mol. The Labute approximate surface area is 98.9 Å². The monoisotopic (exact) mass is 262 g/mol. The summed E-state index contributed by atoms with van der Waals surface area (Å²) in [5, 5.41) is 28.0. The maximum atomic E-state index is 13.1. The third-order valence-corrected chi connectivity index (χ3v) is 2.72. The van der Waals surface area contributed by atoms with Gasteiger partial charge in [-0.3, -0.25) is 14.3 Å². The van der Waals surface area contributed by atoms with Crippen molar-refractivity contribution in [2.75, 3.05) is 6.61 Å². The van der Waals surface area contributed by atoms with Crippen LogP contribution in [0.4, 0.5) is 4.39 Å². The molecule has 8 nitrogen and oxygen atoms in total. The predicted octanol–water partition coefficient (Wildman–Crippen LogP) is -2.71. The Hall–Kier alpha value is -1.55. The summed E-state index contributed by atoms with van der Waals surface area (Å²) >= 11 is 0. The van der Waals surface area contributed by atoms with E-state index in [2.05, 4.69) is 0 Å². The van der Waals surface area contributed by atoms with Crippen LogP contribution in [-0.2, 0) is 4.74 Å². The van der Waals surface area contributed by atoms with Gasteiger partial charge in [-0.15, -0.1) is 0 Å². The number of hydrogen-bond donors (Lipinski definition) is 4. The number of aliphatic hydroxyl groups excluding tert-OH is 3. The van der Waals surface area contributed by atoms with E-state index in [0.717, 1.165) is 0 Å². The molecule has 1 saturated heterocycles. The van der Waals surface area contributed by atoms with Gasteiger partial charge in [0.15, 0.2) is 6.23 Å². The van der Waals surface area contributed by atoms with E-state index in [1.165, 1.54) is 0 Å². The Kier molecular flexibility index (Phi) is 3.30. The molecule has 4 atom stereocenters. The lowest BCUT2D eigenvalue weighted by Gasteiger charge is -2.16. The van der Waals surface area contributed by atoms with E-state index in [1.54, 1.807) is 4.98 Å². The van der Waals surface area contributed by atoms with Crippen molar-refractivity contribution in [1.29, 1.82) is 0 Å². The molecule has 4 N–H and O–H groups in total. The van der Waals surface area contributed by atoms with Gasteiger partial charge in [-0.1, -0.05) is 0 Å². The van der Waals surface area contributed by atoms with E-state index in [0.29, 0.717) is 10.8 Å². The van der Waals surface area contributed by atoms with Crippen LogP contribution in [0.5, 0.6) is 0 Å². The molecule has 1 aromatic rings. The van der Waals surface area contributed by atoms with E-state index in [4.69, 9.17) is 9.84 Å². The van der Waals surface area contributed by atoms with Gasteiger partial charge in [-0.05, 0) is 0 Å². The molecule has 1 aromatic heterocycles. The van der Waals surface area contributed by atoms with Crippen LogP contribution >= 0.6 is 0 Å². The third-order valence-electron chi connectivity index (χ3n) is 2.72. The summed E-state index contributed by atoms with van der Waals surface area (Å²) in [4.78, 5) is 24.0. The van der Waals surface area contributed by atoms with Crippen molar-refractivity contribution in [3.8, 4) is 0 Å². The Morgan fingerprint density at radius 3 is 2.61 bits per heavy atom. The lowest BCUT2D eigenvalue weighted by Crippen LogP contribution is -2.38. The first-order chi connectivity index (χ1) is 8.45. The first kappa shape index (κ1) is 12.9. The molecule has 1 aliphatic rings. The van der Waals surface area contributed by atoms with E-state index in [9.17, 15) is 24.2 Å². The SMILES string of the molecule is O=c1[nH]c(=O)n([C@H]2O[C@H](CO)[C@@H](O)[C@H]2O)cc1F. The lowest BCUT2D eigenvalue weighted by atomic mass is 10.1. The largest absolute Gasteiger partial charge is 0.394 e. The van der Waals surface area contributed by atoms with Crippen LogP contribution in [0.3, 0.4) is 0 Å². The summed E-state index contributed by atoms with van der Waals surface area (Å²) in [6.45, 7) is -0.574. The molecule has 0 aromatic carbocycles. The van der Waals surface area contributed by atoms with Crippen molar-refractivity contribution in [3.63, 3.8) is 0 Å². The second-order valence-corrected chi connectivity index (χ2v) is 3.87. The molecule has 100 valence electrons. The fourth-order valence-corrected chi connectivity index (χ4v) is 1.76. The molecule has 0 amide bonds. The minimum absolute atomic E-state index is 0.571. The molecule has 0 saturated carbocycles. The van der Waals surface area contributed by atoms with Gasteiger partial charge in [-0.2, -0.15) is 4.39 Å². The molecular formula is C9H11FN2O6. The molecule has 0 spiro atoms. The summed E-state index contributed by atoms with van der Waals surface area (Å²) < 4.78 is 18.7. The number of aliphatic hydroxyl groups is 3. The summed E-state index contributed by atoms with van der Waals surface area (Å²) in [5.41, 5.74) is -2.18. The highest BCUT2D eigenvalue weighted by atomic mass is 19.1. The molecule has 0 radical (unpaired) electrons. The fraction of sp³-hybridized carbons (Fsp3) is 0.556. The fourth-order valence-electron chi connectivity index (χ4n) is 1.76. The van der Waals surface area contributed by atoms with E-state index in [-0.39, 0.29) is 0 Å². The van der Waals surface area contributed by atoms with Crippen molar-refractivity contribution in [1.82, 2.24) is 9.55 Å². The maximum absolute atomic E-state index is 13.1. The minimum atomic E-state index is -1.52. The molecule has 0 unspecified atom stereocenters. The van der Waals surface area contributed by atoms with Gasteiger partial charge >= 0.3 is 5.69 Å². The standard InChI is InChI=1S/C9H11FN2O6/c10-3-1-12(9(17)11-7(3)16)8-6(15)5(14)4(2-13)18-8/h1,4-6,8,13-15H,2H2,(H,11,16,17)/t4-,5-,6-,8+/m1/s1. The molecular weight excluding hydrogens is 251 g/mol. The van der Waals surface area contributed by atoms with E-state index < -0.39 is 48.2 Å². The summed E-state index contributed by atoms with van der Waals surface area (Å²) in [6.07, 6.45) is -4.84. The predicted molar refractivity (Wildman–Crippen MR) is 54.3 cm³/mol. The number of H-pyrrole nitrogens is 1. The molecule has 2 rings (SSSR count). The number of halogens is 1. The summed E-state index contributed by atoms with van der Waals surface area (Å²) in [7, 11) is 0. The van der Waals surface area contributed by atoms with E-state index in [1.807, 2.05) is 0 Å². The molecule has 9 heteroatoms. The van der Waals surface area contributed by atoms with Crippen molar-refractivity contribution in [3.05, 3.63) is 32.9 Å². The van der Waals surface area contributed by atoms with Gasteiger partial charge in [0.05, 0.1) is 12.8 Å². The Bertz CT molecular complexity index is 555. The highest BCUT2D eigenvalue weighted by Gasteiger charge is 2.43. The molecule has 2 heterocycles. The van der Waals surface area contributed by atoms with Crippen LogP contribution in [0.1, 0.15) is 6.23 Å².